The maximum absolute atomic E-state index is 13.5. The van der Waals surface area contributed by atoms with Crippen LogP contribution in [0.25, 0.3) is 0 Å². The Morgan fingerprint density at radius 3 is 2.42 bits per heavy atom. The highest BCUT2D eigenvalue weighted by Gasteiger charge is 2.17. The normalized spacial score (nSPS) is 17.6. The average molecular weight is 264 g/mol. The molecule has 1 aromatic rings. The lowest BCUT2D eigenvalue weighted by Gasteiger charge is -2.33. The molecule has 1 aliphatic rings. The Balaban J connectivity index is 1.80. The van der Waals surface area contributed by atoms with Crippen molar-refractivity contribution >= 4 is 5.78 Å². The largest absolute Gasteiger partial charge is 0.301 e. The first kappa shape index (κ1) is 14.2. The van der Waals surface area contributed by atoms with Gasteiger partial charge in [0, 0.05) is 39.1 Å². The van der Waals surface area contributed by atoms with Crippen molar-refractivity contribution in [3.8, 4) is 0 Å². The quantitative estimate of drug-likeness (QED) is 0.760. The lowest BCUT2D eigenvalue weighted by molar-refractivity contribution is 0.0928. The minimum atomic E-state index is -0.414. The first-order valence-corrected chi connectivity index (χ1v) is 6.93. The van der Waals surface area contributed by atoms with Gasteiger partial charge in [-0.1, -0.05) is 19.1 Å². The van der Waals surface area contributed by atoms with E-state index in [2.05, 4.69) is 16.7 Å². The van der Waals surface area contributed by atoms with Crippen LogP contribution in [0, 0.1) is 5.82 Å². The van der Waals surface area contributed by atoms with Crippen molar-refractivity contribution in [2.45, 2.75) is 13.3 Å². The molecule has 19 heavy (non-hydrogen) atoms. The number of hydrogen-bond donors (Lipinski definition) is 0. The lowest BCUT2D eigenvalue weighted by atomic mass is 10.1. The van der Waals surface area contributed by atoms with Crippen molar-refractivity contribution in [3.63, 3.8) is 0 Å². The van der Waals surface area contributed by atoms with Crippen LogP contribution in [0.3, 0.4) is 0 Å². The van der Waals surface area contributed by atoms with Crippen molar-refractivity contribution < 1.29 is 9.18 Å². The highest BCUT2D eigenvalue weighted by Crippen LogP contribution is 2.10. The summed E-state index contributed by atoms with van der Waals surface area (Å²) >= 11 is 0. The molecule has 104 valence electrons. The molecule has 2 rings (SSSR count). The van der Waals surface area contributed by atoms with Crippen molar-refractivity contribution in [1.82, 2.24) is 9.80 Å². The van der Waals surface area contributed by atoms with E-state index in [1.54, 1.807) is 18.2 Å². The Hall–Kier alpha value is -1.26. The molecule has 0 N–H and O–H groups in total. The number of piperazine rings is 1. The van der Waals surface area contributed by atoms with Crippen LogP contribution in [-0.2, 0) is 0 Å². The number of benzene rings is 1. The summed E-state index contributed by atoms with van der Waals surface area (Å²) in [4.78, 5) is 16.6. The highest BCUT2D eigenvalue weighted by molar-refractivity contribution is 5.96. The third-order valence-corrected chi connectivity index (χ3v) is 3.74. The van der Waals surface area contributed by atoms with Gasteiger partial charge in [-0.05, 0) is 18.7 Å². The van der Waals surface area contributed by atoms with Gasteiger partial charge in [0.05, 0.1) is 5.56 Å². The molecule has 0 amide bonds. The average Bonchev–Trinajstić information content (AvgIpc) is 2.46. The first-order chi connectivity index (χ1) is 9.20. The van der Waals surface area contributed by atoms with Crippen LogP contribution in [0.2, 0.25) is 0 Å². The molecular formula is C15H21FN2O. The van der Waals surface area contributed by atoms with Crippen molar-refractivity contribution in [2.75, 3.05) is 39.3 Å². The molecule has 1 aliphatic heterocycles. The first-order valence-electron chi connectivity index (χ1n) is 6.93. The van der Waals surface area contributed by atoms with Crippen LogP contribution in [-0.4, -0.2) is 54.9 Å². The predicted molar refractivity (Wildman–Crippen MR) is 73.9 cm³/mol. The van der Waals surface area contributed by atoms with E-state index in [1.807, 2.05) is 0 Å². The lowest BCUT2D eigenvalue weighted by Crippen LogP contribution is -2.46. The third-order valence-electron chi connectivity index (χ3n) is 3.74. The van der Waals surface area contributed by atoms with Crippen LogP contribution >= 0.6 is 0 Å². The Morgan fingerprint density at radius 2 is 1.79 bits per heavy atom. The number of rotatable bonds is 5. The van der Waals surface area contributed by atoms with Crippen molar-refractivity contribution in [3.05, 3.63) is 35.6 Å². The second kappa shape index (κ2) is 6.78. The van der Waals surface area contributed by atoms with Crippen molar-refractivity contribution in [1.29, 1.82) is 0 Å². The van der Waals surface area contributed by atoms with E-state index >= 15 is 0 Å². The summed E-state index contributed by atoms with van der Waals surface area (Å²) in [6, 6.07) is 6.21. The number of carbonyl (C=O) groups excluding carboxylic acids is 1. The van der Waals surface area contributed by atoms with Crippen LogP contribution in [0.5, 0.6) is 0 Å². The summed E-state index contributed by atoms with van der Waals surface area (Å²) in [5, 5.41) is 0. The van der Waals surface area contributed by atoms with Gasteiger partial charge < -0.3 is 9.80 Å². The van der Waals surface area contributed by atoms with Crippen LogP contribution in [0.1, 0.15) is 23.7 Å². The molecule has 0 radical (unpaired) electrons. The minimum absolute atomic E-state index is 0.101. The maximum atomic E-state index is 13.5. The van der Waals surface area contributed by atoms with Crippen LogP contribution < -0.4 is 0 Å². The highest BCUT2D eigenvalue weighted by atomic mass is 19.1. The van der Waals surface area contributed by atoms with Gasteiger partial charge in [0.15, 0.2) is 5.78 Å². The van der Waals surface area contributed by atoms with E-state index in [4.69, 9.17) is 0 Å². The molecule has 0 unspecified atom stereocenters. The smallest absolute Gasteiger partial charge is 0.167 e. The van der Waals surface area contributed by atoms with Gasteiger partial charge in [-0.3, -0.25) is 4.79 Å². The second-order valence-corrected chi connectivity index (χ2v) is 4.93. The van der Waals surface area contributed by atoms with E-state index in [1.165, 1.54) is 6.07 Å². The van der Waals surface area contributed by atoms with E-state index in [-0.39, 0.29) is 11.3 Å². The Morgan fingerprint density at radius 1 is 1.16 bits per heavy atom. The van der Waals surface area contributed by atoms with Gasteiger partial charge in [-0.25, -0.2) is 4.39 Å². The molecule has 0 saturated carbocycles. The summed E-state index contributed by atoms with van der Waals surface area (Å²) in [6.45, 7) is 8.09. The van der Waals surface area contributed by atoms with E-state index in [0.717, 1.165) is 39.3 Å². The SMILES string of the molecule is CCN1CCN(CCC(=O)c2ccccc2F)CC1. The zero-order valence-electron chi connectivity index (χ0n) is 11.4. The van der Waals surface area contributed by atoms with E-state index in [9.17, 15) is 9.18 Å². The predicted octanol–water partition coefficient (Wildman–Crippen LogP) is 2.04. The fraction of sp³-hybridized carbons (Fsp3) is 0.533. The Labute approximate surface area is 114 Å². The van der Waals surface area contributed by atoms with E-state index < -0.39 is 5.82 Å². The molecule has 1 saturated heterocycles. The van der Waals surface area contributed by atoms with Gasteiger partial charge in [-0.2, -0.15) is 0 Å². The molecule has 1 fully saturated rings. The van der Waals surface area contributed by atoms with Gasteiger partial charge in [0.1, 0.15) is 5.82 Å². The summed E-state index contributed by atoms with van der Waals surface area (Å²) in [6.07, 6.45) is 0.396. The second-order valence-electron chi connectivity index (χ2n) is 4.93. The molecule has 0 bridgehead atoms. The van der Waals surface area contributed by atoms with Crippen LogP contribution in [0.15, 0.2) is 24.3 Å². The molecule has 3 nitrogen and oxygen atoms in total. The number of halogens is 1. The topological polar surface area (TPSA) is 23.6 Å². The number of likely N-dealkylation sites (N-methyl/N-ethyl adjacent to an activating group) is 1. The molecule has 4 heteroatoms. The molecule has 0 atom stereocenters. The molecule has 0 aromatic heterocycles. The van der Waals surface area contributed by atoms with Crippen molar-refractivity contribution in [2.24, 2.45) is 0 Å². The molecular weight excluding hydrogens is 243 g/mol. The number of nitrogens with zero attached hydrogens (tertiary/aromatic N) is 2. The molecule has 1 heterocycles. The fourth-order valence-corrected chi connectivity index (χ4v) is 2.41. The summed E-state index contributed by atoms with van der Waals surface area (Å²) in [7, 11) is 0. The number of hydrogen-bond acceptors (Lipinski definition) is 3. The molecule has 0 spiro atoms. The molecule has 0 aliphatic carbocycles. The monoisotopic (exact) mass is 264 g/mol. The minimum Gasteiger partial charge on any atom is -0.301 e. The zero-order chi connectivity index (χ0) is 13.7. The van der Waals surface area contributed by atoms with Gasteiger partial charge in [0.2, 0.25) is 0 Å². The Kier molecular flexibility index (Phi) is 5.05. The zero-order valence-corrected chi connectivity index (χ0v) is 11.4. The van der Waals surface area contributed by atoms with Crippen LogP contribution in [0.4, 0.5) is 4.39 Å². The third kappa shape index (κ3) is 3.85. The standard InChI is InChI=1S/C15H21FN2O/c1-2-17-9-11-18(12-10-17)8-7-15(19)13-5-3-4-6-14(13)16/h3-6H,2,7-12H2,1H3. The number of carbonyl (C=O) groups is 1. The summed E-state index contributed by atoms with van der Waals surface area (Å²) < 4.78 is 13.5. The number of ketones is 1. The summed E-state index contributed by atoms with van der Waals surface area (Å²) in [5.41, 5.74) is 0.217. The fourth-order valence-electron chi connectivity index (χ4n) is 2.41. The summed E-state index contributed by atoms with van der Waals surface area (Å²) in [5.74, 6) is -0.515. The van der Waals surface area contributed by atoms with E-state index in [0.29, 0.717) is 6.42 Å². The van der Waals surface area contributed by atoms with Gasteiger partial charge >= 0.3 is 0 Å². The maximum Gasteiger partial charge on any atom is 0.167 e. The van der Waals surface area contributed by atoms with Gasteiger partial charge in [-0.15, -0.1) is 0 Å². The van der Waals surface area contributed by atoms with Gasteiger partial charge in [0.25, 0.3) is 0 Å². The molecule has 1 aromatic carbocycles. The number of Topliss-reactive ketones (excluding diaryl/α,β-unsaturated/α-hetero) is 1. The Bertz CT molecular complexity index is 428.